The summed E-state index contributed by atoms with van der Waals surface area (Å²) in [7, 11) is 0. The molecule has 1 aromatic heterocycles. The van der Waals surface area contributed by atoms with Crippen LogP contribution in [0.1, 0.15) is 33.6 Å². The number of rotatable bonds is 2. The minimum absolute atomic E-state index is 0.0398. The monoisotopic (exact) mass is 268 g/mol. The van der Waals surface area contributed by atoms with E-state index < -0.39 is 0 Å². The standard InChI is InChI=1S/C14H12N4O2/c1-9-16-13(20-17-9)12-7-18(8-12)14(19)11-4-2-10(6-15)3-5-11/h2-5,12H,7-8H2,1H3. The smallest absolute Gasteiger partial charge is 0.253 e. The Bertz CT molecular complexity index is 678. The maximum atomic E-state index is 12.2. The first kappa shape index (κ1) is 12.4. The molecule has 0 N–H and O–H groups in total. The minimum atomic E-state index is -0.0398. The fourth-order valence-electron chi connectivity index (χ4n) is 2.15. The normalized spacial score (nSPS) is 14.7. The number of benzene rings is 1. The van der Waals surface area contributed by atoms with Crippen LogP contribution < -0.4 is 0 Å². The van der Waals surface area contributed by atoms with Gasteiger partial charge in [-0.05, 0) is 31.2 Å². The number of carbonyl (C=O) groups is 1. The highest BCUT2D eigenvalue weighted by Gasteiger charge is 2.35. The SMILES string of the molecule is Cc1noc(C2CN(C(=O)c3ccc(C#N)cc3)C2)n1. The number of aromatic nitrogens is 2. The quantitative estimate of drug-likeness (QED) is 0.824. The summed E-state index contributed by atoms with van der Waals surface area (Å²) in [6.45, 7) is 2.94. The molecule has 1 aliphatic rings. The Morgan fingerprint density at radius 2 is 2.10 bits per heavy atom. The fourth-order valence-corrected chi connectivity index (χ4v) is 2.15. The van der Waals surface area contributed by atoms with Gasteiger partial charge < -0.3 is 9.42 Å². The lowest BCUT2D eigenvalue weighted by atomic mass is 9.98. The maximum Gasteiger partial charge on any atom is 0.253 e. The first-order valence-corrected chi connectivity index (χ1v) is 6.27. The highest BCUT2D eigenvalue weighted by atomic mass is 16.5. The van der Waals surface area contributed by atoms with Gasteiger partial charge in [-0.1, -0.05) is 5.16 Å². The van der Waals surface area contributed by atoms with Crippen molar-refractivity contribution in [2.75, 3.05) is 13.1 Å². The second-order valence-corrected chi connectivity index (χ2v) is 4.78. The van der Waals surface area contributed by atoms with Crippen molar-refractivity contribution in [2.24, 2.45) is 0 Å². The largest absolute Gasteiger partial charge is 0.339 e. The van der Waals surface area contributed by atoms with E-state index in [0.717, 1.165) is 0 Å². The van der Waals surface area contributed by atoms with Gasteiger partial charge in [0.2, 0.25) is 5.89 Å². The zero-order chi connectivity index (χ0) is 14.1. The molecule has 1 saturated heterocycles. The molecule has 1 fully saturated rings. The molecule has 1 aromatic carbocycles. The molecule has 3 rings (SSSR count). The number of hydrogen-bond donors (Lipinski definition) is 0. The number of likely N-dealkylation sites (tertiary alicyclic amines) is 1. The number of hydrogen-bond acceptors (Lipinski definition) is 5. The lowest BCUT2D eigenvalue weighted by Crippen LogP contribution is -2.48. The van der Waals surface area contributed by atoms with Gasteiger partial charge in [0.15, 0.2) is 5.82 Å². The second kappa shape index (κ2) is 4.78. The van der Waals surface area contributed by atoms with E-state index in [0.29, 0.717) is 35.9 Å². The predicted molar refractivity (Wildman–Crippen MR) is 68.8 cm³/mol. The molecule has 0 radical (unpaired) electrons. The van der Waals surface area contributed by atoms with E-state index in [4.69, 9.17) is 9.78 Å². The molecule has 20 heavy (non-hydrogen) atoms. The van der Waals surface area contributed by atoms with Crippen LogP contribution >= 0.6 is 0 Å². The van der Waals surface area contributed by atoms with Crippen LogP contribution in [0.3, 0.4) is 0 Å². The van der Waals surface area contributed by atoms with Crippen molar-refractivity contribution in [3.05, 3.63) is 47.1 Å². The van der Waals surface area contributed by atoms with Gasteiger partial charge in [-0.3, -0.25) is 4.79 Å². The van der Waals surface area contributed by atoms with E-state index in [1.165, 1.54) is 0 Å². The summed E-state index contributed by atoms with van der Waals surface area (Å²) in [5, 5.41) is 12.5. The summed E-state index contributed by atoms with van der Waals surface area (Å²) in [4.78, 5) is 18.1. The third-order valence-corrected chi connectivity index (χ3v) is 3.32. The number of carbonyl (C=O) groups excluding carboxylic acids is 1. The third-order valence-electron chi connectivity index (χ3n) is 3.32. The average molecular weight is 268 g/mol. The van der Waals surface area contributed by atoms with Crippen LogP contribution in [0, 0.1) is 18.3 Å². The molecule has 1 aliphatic heterocycles. The van der Waals surface area contributed by atoms with Gasteiger partial charge in [-0.25, -0.2) is 0 Å². The van der Waals surface area contributed by atoms with Gasteiger partial charge in [-0.2, -0.15) is 10.2 Å². The summed E-state index contributed by atoms with van der Waals surface area (Å²) in [5.74, 6) is 1.28. The topological polar surface area (TPSA) is 83.0 Å². The molecule has 0 saturated carbocycles. The summed E-state index contributed by atoms with van der Waals surface area (Å²) in [6, 6.07) is 8.66. The van der Waals surface area contributed by atoms with E-state index in [9.17, 15) is 4.79 Å². The van der Waals surface area contributed by atoms with Crippen LogP contribution in [-0.4, -0.2) is 34.0 Å². The zero-order valence-corrected chi connectivity index (χ0v) is 10.9. The molecule has 6 nitrogen and oxygen atoms in total. The van der Waals surface area contributed by atoms with Crippen molar-refractivity contribution in [2.45, 2.75) is 12.8 Å². The van der Waals surface area contributed by atoms with Gasteiger partial charge in [0.25, 0.3) is 5.91 Å². The van der Waals surface area contributed by atoms with Crippen LogP contribution in [0.2, 0.25) is 0 Å². The van der Waals surface area contributed by atoms with Crippen LogP contribution in [0.5, 0.6) is 0 Å². The Balaban J connectivity index is 1.64. The number of amides is 1. The van der Waals surface area contributed by atoms with Crippen LogP contribution in [0.4, 0.5) is 0 Å². The fraction of sp³-hybridized carbons (Fsp3) is 0.286. The Morgan fingerprint density at radius 1 is 1.40 bits per heavy atom. The number of nitrogens with zero attached hydrogens (tertiary/aromatic N) is 4. The van der Waals surface area contributed by atoms with Gasteiger partial charge in [-0.15, -0.1) is 0 Å². The van der Waals surface area contributed by atoms with Crippen molar-refractivity contribution >= 4 is 5.91 Å². The third kappa shape index (κ3) is 2.14. The summed E-state index contributed by atoms with van der Waals surface area (Å²) in [6.07, 6.45) is 0. The Labute approximate surface area is 115 Å². The Morgan fingerprint density at radius 3 is 2.65 bits per heavy atom. The van der Waals surface area contributed by atoms with Gasteiger partial charge in [0, 0.05) is 18.7 Å². The van der Waals surface area contributed by atoms with Crippen LogP contribution in [0.25, 0.3) is 0 Å². The van der Waals surface area contributed by atoms with Crippen molar-refractivity contribution in [1.29, 1.82) is 5.26 Å². The van der Waals surface area contributed by atoms with Gasteiger partial charge in [0.1, 0.15) is 0 Å². The van der Waals surface area contributed by atoms with E-state index in [2.05, 4.69) is 10.1 Å². The predicted octanol–water partition coefficient (Wildman–Crippen LogP) is 1.49. The van der Waals surface area contributed by atoms with E-state index in [1.54, 1.807) is 36.1 Å². The number of nitriles is 1. The lowest BCUT2D eigenvalue weighted by molar-refractivity contribution is 0.0569. The molecule has 0 aliphatic carbocycles. The highest BCUT2D eigenvalue weighted by Crippen LogP contribution is 2.27. The maximum absolute atomic E-state index is 12.2. The first-order chi connectivity index (χ1) is 9.67. The molecule has 2 heterocycles. The molecule has 6 heteroatoms. The average Bonchev–Trinajstić information content (AvgIpc) is 2.83. The molecular weight excluding hydrogens is 256 g/mol. The molecule has 2 aromatic rings. The molecule has 100 valence electrons. The Hall–Kier alpha value is -2.68. The van der Waals surface area contributed by atoms with Crippen LogP contribution in [-0.2, 0) is 0 Å². The van der Waals surface area contributed by atoms with Crippen molar-refractivity contribution in [3.8, 4) is 6.07 Å². The van der Waals surface area contributed by atoms with E-state index >= 15 is 0 Å². The Kier molecular flexibility index (Phi) is 2.95. The summed E-state index contributed by atoms with van der Waals surface area (Å²) < 4.78 is 5.10. The van der Waals surface area contributed by atoms with Gasteiger partial charge in [0.05, 0.1) is 17.6 Å². The van der Waals surface area contributed by atoms with Crippen LogP contribution in [0.15, 0.2) is 28.8 Å². The number of aryl methyl sites for hydroxylation is 1. The summed E-state index contributed by atoms with van der Waals surface area (Å²) >= 11 is 0. The molecular formula is C14H12N4O2. The molecule has 0 unspecified atom stereocenters. The lowest BCUT2D eigenvalue weighted by Gasteiger charge is -2.37. The van der Waals surface area contributed by atoms with E-state index in [-0.39, 0.29) is 11.8 Å². The highest BCUT2D eigenvalue weighted by molar-refractivity contribution is 5.94. The molecule has 1 amide bonds. The minimum Gasteiger partial charge on any atom is -0.339 e. The van der Waals surface area contributed by atoms with E-state index in [1.807, 2.05) is 6.07 Å². The first-order valence-electron chi connectivity index (χ1n) is 6.27. The van der Waals surface area contributed by atoms with Crippen molar-refractivity contribution in [3.63, 3.8) is 0 Å². The van der Waals surface area contributed by atoms with Crippen molar-refractivity contribution in [1.82, 2.24) is 15.0 Å². The molecule has 0 bridgehead atoms. The molecule has 0 atom stereocenters. The summed E-state index contributed by atoms with van der Waals surface area (Å²) in [5.41, 5.74) is 1.13. The molecule has 0 spiro atoms. The second-order valence-electron chi connectivity index (χ2n) is 4.78. The zero-order valence-electron chi connectivity index (χ0n) is 10.9. The van der Waals surface area contributed by atoms with Crippen molar-refractivity contribution < 1.29 is 9.32 Å². The van der Waals surface area contributed by atoms with Gasteiger partial charge >= 0.3 is 0 Å².